The Hall–Kier alpha value is -2.74. The third kappa shape index (κ3) is 2.25. The van der Waals surface area contributed by atoms with Gasteiger partial charge in [0.2, 0.25) is 0 Å². The quantitative estimate of drug-likeness (QED) is 0.632. The highest BCUT2D eigenvalue weighted by molar-refractivity contribution is 5.88. The second-order valence-electron chi connectivity index (χ2n) is 4.49. The van der Waals surface area contributed by atoms with Gasteiger partial charge in [-0.05, 0) is 30.3 Å². The number of nitriles is 1. The van der Waals surface area contributed by atoms with Gasteiger partial charge in [0.15, 0.2) is 0 Å². The standard InChI is InChI=1S/C16H8F3NO/c17-16(18,19)14-12-3-1-2-4-13(12)21-15(14)11-7-5-10(9-20)6-8-11/h1-8H. The van der Waals surface area contributed by atoms with Crippen LogP contribution in [0.5, 0.6) is 0 Å². The Bertz CT molecular complexity index is 839. The van der Waals surface area contributed by atoms with Gasteiger partial charge in [-0.15, -0.1) is 0 Å². The Labute approximate surface area is 118 Å². The zero-order chi connectivity index (χ0) is 15.0. The highest BCUT2D eigenvalue weighted by Crippen LogP contribution is 2.43. The summed E-state index contributed by atoms with van der Waals surface area (Å²) in [6, 6.07) is 13.8. The van der Waals surface area contributed by atoms with E-state index >= 15 is 0 Å². The highest BCUT2D eigenvalue weighted by atomic mass is 19.4. The summed E-state index contributed by atoms with van der Waals surface area (Å²) < 4.78 is 45.4. The van der Waals surface area contributed by atoms with Crippen LogP contribution in [0.25, 0.3) is 22.3 Å². The van der Waals surface area contributed by atoms with Crippen LogP contribution in [0.4, 0.5) is 13.2 Å². The van der Waals surface area contributed by atoms with E-state index in [2.05, 4.69) is 0 Å². The maximum atomic E-state index is 13.3. The van der Waals surface area contributed by atoms with Gasteiger partial charge in [-0.3, -0.25) is 0 Å². The van der Waals surface area contributed by atoms with Gasteiger partial charge >= 0.3 is 6.18 Å². The molecule has 2 aromatic carbocycles. The van der Waals surface area contributed by atoms with Gasteiger partial charge < -0.3 is 4.42 Å². The van der Waals surface area contributed by atoms with E-state index in [1.54, 1.807) is 6.07 Å². The number of hydrogen-bond donors (Lipinski definition) is 0. The van der Waals surface area contributed by atoms with E-state index in [4.69, 9.17) is 9.68 Å². The molecule has 21 heavy (non-hydrogen) atoms. The molecule has 0 saturated heterocycles. The maximum absolute atomic E-state index is 13.3. The molecule has 0 fully saturated rings. The average Bonchev–Trinajstić information content (AvgIpc) is 2.86. The normalized spacial score (nSPS) is 11.5. The van der Waals surface area contributed by atoms with E-state index in [1.165, 1.54) is 42.5 Å². The predicted molar refractivity (Wildman–Crippen MR) is 71.4 cm³/mol. The molecule has 2 nitrogen and oxygen atoms in total. The fourth-order valence-corrected chi connectivity index (χ4v) is 2.23. The molecule has 104 valence electrons. The van der Waals surface area contributed by atoms with Crippen LogP contribution in [0.2, 0.25) is 0 Å². The van der Waals surface area contributed by atoms with Gasteiger partial charge in [-0.1, -0.05) is 18.2 Å². The van der Waals surface area contributed by atoms with Gasteiger partial charge in [-0.25, -0.2) is 0 Å². The third-order valence-corrected chi connectivity index (χ3v) is 3.16. The van der Waals surface area contributed by atoms with Crippen molar-refractivity contribution in [2.24, 2.45) is 0 Å². The fourth-order valence-electron chi connectivity index (χ4n) is 2.23. The molecule has 0 amide bonds. The Morgan fingerprint density at radius 2 is 1.62 bits per heavy atom. The maximum Gasteiger partial charge on any atom is 0.420 e. The average molecular weight is 287 g/mol. The lowest BCUT2D eigenvalue weighted by Gasteiger charge is -2.07. The number of rotatable bonds is 1. The zero-order valence-corrected chi connectivity index (χ0v) is 10.6. The first-order chi connectivity index (χ1) is 10.0. The number of alkyl halides is 3. The monoisotopic (exact) mass is 287 g/mol. The number of para-hydroxylation sites is 1. The Balaban J connectivity index is 2.28. The molecule has 3 aromatic rings. The van der Waals surface area contributed by atoms with Crippen LogP contribution in [0.15, 0.2) is 52.9 Å². The topological polar surface area (TPSA) is 36.9 Å². The molecular formula is C16H8F3NO. The van der Waals surface area contributed by atoms with Gasteiger partial charge in [0.05, 0.1) is 11.6 Å². The lowest BCUT2D eigenvalue weighted by atomic mass is 10.0. The molecule has 0 N–H and O–H groups in total. The van der Waals surface area contributed by atoms with E-state index in [-0.39, 0.29) is 22.3 Å². The highest BCUT2D eigenvalue weighted by Gasteiger charge is 2.38. The number of nitrogens with zero attached hydrogens (tertiary/aromatic N) is 1. The van der Waals surface area contributed by atoms with Crippen LogP contribution in [0.1, 0.15) is 11.1 Å². The van der Waals surface area contributed by atoms with Gasteiger partial charge in [0.1, 0.15) is 16.9 Å². The summed E-state index contributed by atoms with van der Waals surface area (Å²) in [6.45, 7) is 0. The van der Waals surface area contributed by atoms with Gasteiger partial charge in [0, 0.05) is 10.9 Å². The van der Waals surface area contributed by atoms with E-state index in [1.807, 2.05) is 6.07 Å². The first-order valence-corrected chi connectivity index (χ1v) is 6.10. The van der Waals surface area contributed by atoms with Gasteiger partial charge in [-0.2, -0.15) is 18.4 Å². The van der Waals surface area contributed by atoms with Crippen molar-refractivity contribution in [3.05, 3.63) is 59.7 Å². The third-order valence-electron chi connectivity index (χ3n) is 3.16. The number of furan rings is 1. The summed E-state index contributed by atoms with van der Waals surface area (Å²) >= 11 is 0. The molecule has 0 aliphatic carbocycles. The minimum absolute atomic E-state index is 0.0318. The first-order valence-electron chi connectivity index (χ1n) is 6.10. The molecular weight excluding hydrogens is 279 g/mol. The van der Waals surface area contributed by atoms with Crippen LogP contribution in [0, 0.1) is 11.3 Å². The first kappa shape index (κ1) is 13.3. The lowest BCUT2D eigenvalue weighted by molar-refractivity contribution is -0.136. The number of hydrogen-bond acceptors (Lipinski definition) is 2. The van der Waals surface area contributed by atoms with E-state index < -0.39 is 11.7 Å². The van der Waals surface area contributed by atoms with Crippen molar-refractivity contribution < 1.29 is 17.6 Å². The second kappa shape index (κ2) is 4.67. The molecule has 0 unspecified atom stereocenters. The van der Waals surface area contributed by atoms with E-state index in [0.29, 0.717) is 5.56 Å². The second-order valence-corrected chi connectivity index (χ2v) is 4.49. The van der Waals surface area contributed by atoms with Crippen molar-refractivity contribution in [1.29, 1.82) is 5.26 Å². The summed E-state index contributed by atoms with van der Waals surface area (Å²) in [4.78, 5) is 0. The fraction of sp³-hybridized carbons (Fsp3) is 0.0625. The predicted octanol–water partition coefficient (Wildman–Crippen LogP) is 4.99. The summed E-state index contributed by atoms with van der Waals surface area (Å²) in [7, 11) is 0. The molecule has 0 aliphatic heterocycles. The molecule has 1 aromatic heterocycles. The summed E-state index contributed by atoms with van der Waals surface area (Å²) in [5.41, 5.74) is 0.0629. The van der Waals surface area contributed by atoms with Crippen LogP contribution in [-0.4, -0.2) is 0 Å². The van der Waals surface area contributed by atoms with E-state index in [9.17, 15) is 13.2 Å². The molecule has 0 radical (unpaired) electrons. The molecule has 0 bridgehead atoms. The minimum atomic E-state index is -4.52. The van der Waals surface area contributed by atoms with Crippen LogP contribution in [-0.2, 0) is 6.18 Å². The molecule has 3 rings (SSSR count). The Kier molecular flexibility index (Phi) is 2.95. The number of fused-ring (bicyclic) bond motifs is 1. The minimum Gasteiger partial charge on any atom is -0.455 e. The van der Waals surface area contributed by atoms with Crippen LogP contribution >= 0.6 is 0 Å². The van der Waals surface area contributed by atoms with Crippen molar-refractivity contribution in [2.75, 3.05) is 0 Å². The number of benzene rings is 2. The smallest absolute Gasteiger partial charge is 0.420 e. The number of halogens is 3. The Morgan fingerprint density at radius 1 is 0.952 bits per heavy atom. The van der Waals surface area contributed by atoms with E-state index in [0.717, 1.165) is 0 Å². The SMILES string of the molecule is N#Cc1ccc(-c2oc3ccccc3c2C(F)(F)F)cc1. The van der Waals surface area contributed by atoms with Gasteiger partial charge in [0.25, 0.3) is 0 Å². The molecule has 0 saturated carbocycles. The summed E-state index contributed by atoms with van der Waals surface area (Å²) in [5, 5.41) is 8.78. The lowest BCUT2D eigenvalue weighted by Crippen LogP contribution is -2.05. The summed E-state index contributed by atoms with van der Waals surface area (Å²) in [6.07, 6.45) is -4.52. The van der Waals surface area contributed by atoms with Crippen LogP contribution < -0.4 is 0 Å². The molecule has 0 aliphatic rings. The molecule has 0 atom stereocenters. The van der Waals surface area contributed by atoms with Crippen LogP contribution in [0.3, 0.4) is 0 Å². The van der Waals surface area contributed by atoms with Crippen molar-refractivity contribution in [2.45, 2.75) is 6.18 Å². The zero-order valence-electron chi connectivity index (χ0n) is 10.6. The van der Waals surface area contributed by atoms with Crippen molar-refractivity contribution >= 4 is 11.0 Å². The van der Waals surface area contributed by atoms with Crippen molar-refractivity contribution in [3.63, 3.8) is 0 Å². The van der Waals surface area contributed by atoms with Crippen molar-refractivity contribution in [3.8, 4) is 17.4 Å². The Morgan fingerprint density at radius 3 is 2.24 bits per heavy atom. The molecule has 1 heterocycles. The van der Waals surface area contributed by atoms with Crippen molar-refractivity contribution in [1.82, 2.24) is 0 Å². The largest absolute Gasteiger partial charge is 0.455 e. The molecule has 5 heteroatoms. The summed E-state index contributed by atoms with van der Waals surface area (Å²) in [5.74, 6) is -0.229. The molecule has 0 spiro atoms.